The van der Waals surface area contributed by atoms with E-state index in [0.29, 0.717) is 31.6 Å². The van der Waals surface area contributed by atoms with Crippen molar-refractivity contribution in [1.82, 2.24) is 9.80 Å². The molecular weight excluding hydrogens is 604 g/mol. The molecule has 2 aromatic rings. The highest BCUT2D eigenvalue weighted by atomic mass is 16.5. The number of carbonyl (C=O) groups is 3. The summed E-state index contributed by atoms with van der Waals surface area (Å²) in [5.74, 6) is -2.59. The van der Waals surface area contributed by atoms with Crippen LogP contribution in [0, 0.1) is 17.8 Å². The van der Waals surface area contributed by atoms with E-state index in [1.807, 2.05) is 75.4 Å². The molecule has 48 heavy (non-hydrogen) atoms. The number of aliphatic hydroxyl groups is 1. The first-order valence-corrected chi connectivity index (χ1v) is 17.4. The molecule has 9 nitrogen and oxygen atoms in total. The van der Waals surface area contributed by atoms with Crippen molar-refractivity contribution in [1.29, 1.82) is 0 Å². The number of hydrogen-bond acceptors (Lipinski definition) is 6. The van der Waals surface area contributed by atoms with Crippen LogP contribution in [0.3, 0.4) is 0 Å². The quantitative estimate of drug-likeness (QED) is 0.270. The second-order valence-corrected chi connectivity index (χ2v) is 13.6. The van der Waals surface area contributed by atoms with Gasteiger partial charge in [0, 0.05) is 44.1 Å². The van der Waals surface area contributed by atoms with Gasteiger partial charge >= 0.3 is 0 Å². The van der Waals surface area contributed by atoms with E-state index in [-0.39, 0.29) is 36.8 Å². The van der Waals surface area contributed by atoms with E-state index in [1.165, 1.54) is 0 Å². The Kier molecular flexibility index (Phi) is 10.5. The van der Waals surface area contributed by atoms with Crippen molar-refractivity contribution in [3.8, 4) is 0 Å². The monoisotopic (exact) mass is 656 g/mol. The van der Waals surface area contributed by atoms with Gasteiger partial charge in [-0.15, -0.1) is 13.2 Å². The molecule has 7 atom stereocenters. The molecule has 3 aliphatic rings. The normalized spacial score (nSPS) is 27.8. The summed E-state index contributed by atoms with van der Waals surface area (Å²) < 4.78 is 7.02. The van der Waals surface area contributed by atoms with E-state index >= 15 is 4.79 Å². The molecule has 3 unspecified atom stereocenters. The Morgan fingerprint density at radius 2 is 1.62 bits per heavy atom. The van der Waals surface area contributed by atoms with Crippen LogP contribution in [0.2, 0.25) is 0 Å². The third-order valence-corrected chi connectivity index (χ3v) is 11.1. The molecule has 5 rings (SSSR count). The maximum Gasteiger partial charge on any atom is 0.253 e. The Labute approximate surface area is 285 Å². The predicted octanol–water partition coefficient (Wildman–Crippen LogP) is 5.05. The van der Waals surface area contributed by atoms with Crippen LogP contribution >= 0.6 is 0 Å². The number of aliphatic hydroxyl groups excluding tert-OH is 1. The number of likely N-dealkylation sites (tertiary alicyclic amines) is 1. The summed E-state index contributed by atoms with van der Waals surface area (Å²) in [5.41, 5.74) is 0.500. The molecule has 2 bridgehead atoms. The molecule has 0 radical (unpaired) electrons. The van der Waals surface area contributed by atoms with Gasteiger partial charge in [0.15, 0.2) is 0 Å². The topological polar surface area (TPSA) is 93.6 Å². The number of hydrogen-bond donors (Lipinski definition) is 1. The van der Waals surface area contributed by atoms with Crippen LogP contribution in [0.1, 0.15) is 53.0 Å². The standard InChI is InChI=1S/C39H52N4O5/c1-8-22-41(25-28-16-14-13-15-17-28)35(45)32-33-36(46)43(29(10-3)26-44)34(39(33)24-27(6)38(32,7)48-39)37(47)42(23-9-2)31-20-18-30(19-21-31)40(11-4)12-5/h8-9,13-21,27,29,32-34,44H,1-2,10-12,22-26H2,3-7H3/t27?,29-,32-,33-,34?,38+,39?/m0/s1. The summed E-state index contributed by atoms with van der Waals surface area (Å²) in [6, 6.07) is 16.0. The van der Waals surface area contributed by atoms with Crippen LogP contribution in [0.15, 0.2) is 79.9 Å². The first-order valence-electron chi connectivity index (χ1n) is 17.4. The smallest absolute Gasteiger partial charge is 0.253 e. The number of amides is 3. The third kappa shape index (κ3) is 5.75. The Bertz CT molecular complexity index is 1490. The highest BCUT2D eigenvalue weighted by Crippen LogP contribution is 2.66. The maximum atomic E-state index is 15.1. The highest BCUT2D eigenvalue weighted by molar-refractivity contribution is 6.05. The number of anilines is 2. The predicted molar refractivity (Wildman–Crippen MR) is 189 cm³/mol. The molecule has 258 valence electrons. The largest absolute Gasteiger partial charge is 0.394 e. The van der Waals surface area contributed by atoms with Crippen molar-refractivity contribution < 1.29 is 24.2 Å². The Morgan fingerprint density at radius 3 is 2.19 bits per heavy atom. The van der Waals surface area contributed by atoms with Crippen LogP contribution in [0.5, 0.6) is 0 Å². The first-order chi connectivity index (χ1) is 23.1. The van der Waals surface area contributed by atoms with Crippen molar-refractivity contribution in [2.24, 2.45) is 17.8 Å². The number of carbonyl (C=O) groups excluding carboxylic acids is 3. The molecule has 3 amide bonds. The van der Waals surface area contributed by atoms with Gasteiger partial charge in [-0.1, -0.05) is 56.3 Å². The molecule has 9 heteroatoms. The zero-order valence-corrected chi connectivity index (χ0v) is 29.2. The zero-order valence-electron chi connectivity index (χ0n) is 29.2. The number of rotatable bonds is 15. The van der Waals surface area contributed by atoms with Crippen LogP contribution in [-0.4, -0.2) is 88.7 Å². The molecule has 0 aliphatic carbocycles. The molecule has 1 spiro atoms. The lowest BCUT2D eigenvalue weighted by molar-refractivity contribution is -0.154. The molecule has 3 fully saturated rings. The second kappa shape index (κ2) is 14.3. The lowest BCUT2D eigenvalue weighted by Crippen LogP contribution is -2.59. The fourth-order valence-corrected chi connectivity index (χ4v) is 8.56. The number of fused-ring (bicyclic) bond motifs is 1. The molecule has 0 saturated carbocycles. The van der Waals surface area contributed by atoms with Crippen LogP contribution in [-0.2, 0) is 25.7 Å². The van der Waals surface area contributed by atoms with E-state index in [2.05, 4.69) is 31.9 Å². The lowest BCUT2D eigenvalue weighted by Gasteiger charge is -2.39. The number of ether oxygens (including phenoxy) is 1. The van der Waals surface area contributed by atoms with Crippen LogP contribution in [0.4, 0.5) is 11.4 Å². The average molecular weight is 657 g/mol. The summed E-state index contributed by atoms with van der Waals surface area (Å²) in [5, 5.41) is 10.6. The third-order valence-electron chi connectivity index (χ3n) is 11.1. The second-order valence-electron chi connectivity index (χ2n) is 13.6. The van der Waals surface area contributed by atoms with Gasteiger partial charge in [0.2, 0.25) is 11.8 Å². The van der Waals surface area contributed by atoms with Crippen LogP contribution in [0.25, 0.3) is 0 Å². The molecular formula is C39H52N4O5. The average Bonchev–Trinajstić information content (AvgIpc) is 3.61. The Morgan fingerprint density at radius 1 is 1.00 bits per heavy atom. The molecule has 3 saturated heterocycles. The maximum absolute atomic E-state index is 15.1. The van der Waals surface area contributed by atoms with Crippen LogP contribution < -0.4 is 9.80 Å². The van der Waals surface area contributed by atoms with Gasteiger partial charge in [-0.05, 0) is 69.4 Å². The fraction of sp³-hybridized carbons (Fsp3) is 0.513. The van der Waals surface area contributed by atoms with E-state index in [4.69, 9.17) is 4.74 Å². The van der Waals surface area contributed by atoms with Gasteiger partial charge < -0.3 is 29.4 Å². The highest BCUT2D eigenvalue weighted by Gasteiger charge is 2.80. The molecule has 0 aromatic heterocycles. The Hall–Kier alpha value is -3.95. The van der Waals surface area contributed by atoms with Crippen molar-refractivity contribution in [3.05, 3.63) is 85.5 Å². The van der Waals surface area contributed by atoms with Crippen molar-refractivity contribution in [3.63, 3.8) is 0 Å². The summed E-state index contributed by atoms with van der Waals surface area (Å²) in [6.45, 7) is 20.2. The lowest BCUT2D eigenvalue weighted by atomic mass is 9.62. The first kappa shape index (κ1) is 35.4. The Balaban J connectivity index is 1.59. The SMILES string of the molecule is C=CCN(Cc1ccccc1)C(=O)[C@@H]1[C@H]2C(=O)N([C@@H](CC)CO)C(C(=O)N(CC=C)c3ccc(N(CC)CC)cc3)C23CC(C)[C@@]1(C)O3. The summed E-state index contributed by atoms with van der Waals surface area (Å²) in [7, 11) is 0. The fourth-order valence-electron chi connectivity index (χ4n) is 8.56. The molecule has 3 heterocycles. The van der Waals surface area contributed by atoms with E-state index < -0.39 is 35.1 Å². The minimum absolute atomic E-state index is 0.108. The number of nitrogens with zero attached hydrogens (tertiary/aromatic N) is 4. The number of benzene rings is 2. The summed E-state index contributed by atoms with van der Waals surface area (Å²) >= 11 is 0. The van der Waals surface area contributed by atoms with Gasteiger partial charge in [-0.25, -0.2) is 0 Å². The van der Waals surface area contributed by atoms with E-state index in [1.54, 1.807) is 26.9 Å². The van der Waals surface area contributed by atoms with E-state index in [9.17, 15) is 14.7 Å². The molecule has 3 aliphatic heterocycles. The zero-order chi connectivity index (χ0) is 34.8. The van der Waals surface area contributed by atoms with Crippen molar-refractivity contribution in [2.45, 2.75) is 77.3 Å². The summed E-state index contributed by atoms with van der Waals surface area (Å²) in [4.78, 5) is 51.7. The van der Waals surface area contributed by atoms with E-state index in [0.717, 1.165) is 24.3 Å². The van der Waals surface area contributed by atoms with Gasteiger partial charge in [-0.2, -0.15) is 0 Å². The molecule has 1 N–H and O–H groups in total. The minimum Gasteiger partial charge on any atom is -0.394 e. The van der Waals surface area contributed by atoms with Gasteiger partial charge in [0.1, 0.15) is 11.6 Å². The minimum atomic E-state index is -1.24. The van der Waals surface area contributed by atoms with Gasteiger partial charge in [0.05, 0.1) is 30.1 Å². The van der Waals surface area contributed by atoms with Crippen molar-refractivity contribution >= 4 is 29.1 Å². The molecule has 2 aromatic carbocycles. The summed E-state index contributed by atoms with van der Waals surface area (Å²) in [6.07, 6.45) is 4.26. The van der Waals surface area contributed by atoms with Gasteiger partial charge in [0.25, 0.3) is 5.91 Å². The van der Waals surface area contributed by atoms with Gasteiger partial charge in [-0.3, -0.25) is 14.4 Å². The van der Waals surface area contributed by atoms with Crippen molar-refractivity contribution in [2.75, 3.05) is 42.6 Å².